The number of nitrogens with zero attached hydrogens (tertiary/aromatic N) is 3. The van der Waals surface area contributed by atoms with Crippen LogP contribution >= 0.6 is 11.3 Å². The average molecular weight is 239 g/mol. The van der Waals surface area contributed by atoms with Gasteiger partial charge in [-0.15, -0.1) is 11.3 Å². The number of thiazole rings is 1. The summed E-state index contributed by atoms with van der Waals surface area (Å²) in [6, 6.07) is 7.89. The van der Waals surface area contributed by atoms with Gasteiger partial charge in [0.25, 0.3) is 0 Å². The van der Waals surface area contributed by atoms with Crippen molar-refractivity contribution in [2.24, 2.45) is 0 Å². The second-order valence-electron chi connectivity index (χ2n) is 3.51. The molecule has 0 aromatic carbocycles. The van der Waals surface area contributed by atoms with Gasteiger partial charge in [-0.05, 0) is 18.2 Å². The molecule has 0 spiro atoms. The van der Waals surface area contributed by atoms with Crippen molar-refractivity contribution in [1.82, 2.24) is 15.0 Å². The number of pyridine rings is 2. The smallest absolute Gasteiger partial charge is 0.125 e. The van der Waals surface area contributed by atoms with E-state index in [1.165, 1.54) is 0 Å². The van der Waals surface area contributed by atoms with Crippen molar-refractivity contribution in [3.05, 3.63) is 55.2 Å². The summed E-state index contributed by atoms with van der Waals surface area (Å²) in [7, 11) is 0. The van der Waals surface area contributed by atoms with Crippen molar-refractivity contribution >= 4 is 11.3 Å². The van der Waals surface area contributed by atoms with Crippen LogP contribution in [-0.2, 0) is 0 Å². The average Bonchev–Trinajstić information content (AvgIpc) is 2.90. The van der Waals surface area contributed by atoms with Crippen molar-refractivity contribution in [2.75, 3.05) is 0 Å². The van der Waals surface area contributed by atoms with Gasteiger partial charge in [0.15, 0.2) is 0 Å². The maximum Gasteiger partial charge on any atom is 0.125 e. The third-order valence-corrected chi connectivity index (χ3v) is 3.46. The Labute approximate surface area is 103 Å². The lowest BCUT2D eigenvalue weighted by atomic mass is 10.2. The minimum atomic E-state index is 0.983. The van der Waals surface area contributed by atoms with Gasteiger partial charge in [-0.2, -0.15) is 0 Å². The molecule has 3 aromatic heterocycles. The lowest BCUT2D eigenvalue weighted by Crippen LogP contribution is -1.75. The van der Waals surface area contributed by atoms with Crippen LogP contribution in [0.4, 0.5) is 0 Å². The fraction of sp³-hybridized carbons (Fsp3) is 0. The first-order valence-corrected chi connectivity index (χ1v) is 6.02. The molecule has 0 radical (unpaired) electrons. The van der Waals surface area contributed by atoms with Crippen molar-refractivity contribution < 1.29 is 0 Å². The molecule has 17 heavy (non-hydrogen) atoms. The van der Waals surface area contributed by atoms with Crippen LogP contribution in [0.5, 0.6) is 0 Å². The first-order chi connectivity index (χ1) is 8.43. The molecular formula is C13H9N3S. The van der Waals surface area contributed by atoms with E-state index in [1.54, 1.807) is 23.7 Å². The summed E-state index contributed by atoms with van der Waals surface area (Å²) < 4.78 is 0. The number of rotatable bonds is 2. The molecule has 3 aromatic rings. The molecule has 0 atom stereocenters. The van der Waals surface area contributed by atoms with E-state index in [2.05, 4.69) is 15.0 Å². The molecule has 0 bridgehead atoms. The molecule has 3 heterocycles. The van der Waals surface area contributed by atoms with E-state index >= 15 is 0 Å². The van der Waals surface area contributed by atoms with Gasteiger partial charge in [0.1, 0.15) is 5.01 Å². The highest BCUT2D eigenvalue weighted by molar-refractivity contribution is 7.18. The summed E-state index contributed by atoms with van der Waals surface area (Å²) in [5.41, 5.74) is 2.15. The van der Waals surface area contributed by atoms with Crippen LogP contribution in [0.3, 0.4) is 0 Å². The van der Waals surface area contributed by atoms with E-state index in [4.69, 9.17) is 0 Å². The first-order valence-electron chi connectivity index (χ1n) is 5.20. The van der Waals surface area contributed by atoms with E-state index in [-0.39, 0.29) is 0 Å². The number of hydrogen-bond acceptors (Lipinski definition) is 4. The van der Waals surface area contributed by atoms with Crippen molar-refractivity contribution in [3.63, 3.8) is 0 Å². The van der Waals surface area contributed by atoms with Crippen molar-refractivity contribution in [3.8, 4) is 21.0 Å². The van der Waals surface area contributed by atoms with Gasteiger partial charge in [0, 0.05) is 42.1 Å². The van der Waals surface area contributed by atoms with Crippen LogP contribution in [0, 0.1) is 0 Å². The molecule has 0 unspecified atom stereocenters. The summed E-state index contributed by atoms with van der Waals surface area (Å²) in [5.74, 6) is 0. The van der Waals surface area contributed by atoms with Gasteiger partial charge in [0.05, 0.1) is 4.88 Å². The quantitative estimate of drug-likeness (QED) is 0.689. The molecule has 4 heteroatoms. The van der Waals surface area contributed by atoms with Gasteiger partial charge in [-0.1, -0.05) is 6.07 Å². The van der Waals surface area contributed by atoms with Gasteiger partial charge >= 0.3 is 0 Å². The van der Waals surface area contributed by atoms with Crippen LogP contribution in [0.2, 0.25) is 0 Å². The van der Waals surface area contributed by atoms with Gasteiger partial charge < -0.3 is 0 Å². The van der Waals surface area contributed by atoms with Crippen LogP contribution < -0.4 is 0 Å². The highest BCUT2D eigenvalue weighted by atomic mass is 32.1. The summed E-state index contributed by atoms with van der Waals surface area (Å²) in [6.45, 7) is 0. The van der Waals surface area contributed by atoms with E-state index in [1.807, 2.05) is 42.9 Å². The molecule has 0 saturated carbocycles. The molecule has 0 aliphatic carbocycles. The molecule has 0 amide bonds. The van der Waals surface area contributed by atoms with Crippen molar-refractivity contribution in [1.29, 1.82) is 0 Å². The predicted octanol–water partition coefficient (Wildman–Crippen LogP) is 3.27. The topological polar surface area (TPSA) is 38.7 Å². The Morgan fingerprint density at radius 3 is 2.18 bits per heavy atom. The predicted molar refractivity (Wildman–Crippen MR) is 68.6 cm³/mol. The molecular weight excluding hydrogens is 230 g/mol. The maximum atomic E-state index is 4.41. The monoisotopic (exact) mass is 239 g/mol. The van der Waals surface area contributed by atoms with E-state index in [9.17, 15) is 0 Å². The first kappa shape index (κ1) is 10.1. The van der Waals surface area contributed by atoms with Crippen LogP contribution in [-0.4, -0.2) is 15.0 Å². The Morgan fingerprint density at radius 1 is 0.824 bits per heavy atom. The van der Waals surface area contributed by atoms with Crippen LogP contribution in [0.25, 0.3) is 21.0 Å². The molecule has 3 nitrogen and oxygen atoms in total. The Hall–Kier alpha value is -2.07. The molecule has 0 aliphatic heterocycles. The zero-order chi connectivity index (χ0) is 11.5. The molecule has 3 rings (SSSR count). The summed E-state index contributed by atoms with van der Waals surface area (Å²) in [6.07, 6.45) is 9.09. The minimum Gasteiger partial charge on any atom is -0.264 e. The Balaban J connectivity index is 1.99. The van der Waals surface area contributed by atoms with E-state index in [0.29, 0.717) is 0 Å². The van der Waals surface area contributed by atoms with Gasteiger partial charge in [-0.25, -0.2) is 4.98 Å². The summed E-state index contributed by atoms with van der Waals surface area (Å²) >= 11 is 1.65. The van der Waals surface area contributed by atoms with Gasteiger partial charge in [-0.3, -0.25) is 9.97 Å². The number of aromatic nitrogens is 3. The highest BCUT2D eigenvalue weighted by Gasteiger charge is 2.06. The largest absolute Gasteiger partial charge is 0.264 e. The minimum absolute atomic E-state index is 0.983. The second-order valence-corrected chi connectivity index (χ2v) is 4.54. The zero-order valence-corrected chi connectivity index (χ0v) is 9.76. The molecule has 0 fully saturated rings. The lowest BCUT2D eigenvalue weighted by molar-refractivity contribution is 1.31. The standard InChI is InChI=1S/C13H9N3S/c1-3-10(7-14-5-1)12-9-16-13(17-12)11-4-2-6-15-8-11/h1-9H. The molecule has 0 aliphatic rings. The normalized spacial score (nSPS) is 10.4. The summed E-state index contributed by atoms with van der Waals surface area (Å²) in [4.78, 5) is 13.7. The Morgan fingerprint density at radius 2 is 1.53 bits per heavy atom. The Kier molecular flexibility index (Phi) is 2.63. The van der Waals surface area contributed by atoms with Crippen LogP contribution in [0.1, 0.15) is 0 Å². The highest BCUT2D eigenvalue weighted by Crippen LogP contribution is 2.30. The SMILES string of the molecule is c1cncc(-c2cnc(-c3cccnc3)s2)c1. The van der Waals surface area contributed by atoms with E-state index < -0.39 is 0 Å². The van der Waals surface area contributed by atoms with E-state index in [0.717, 1.165) is 21.0 Å². The van der Waals surface area contributed by atoms with Crippen molar-refractivity contribution in [2.45, 2.75) is 0 Å². The maximum absolute atomic E-state index is 4.41. The zero-order valence-electron chi connectivity index (χ0n) is 8.95. The lowest BCUT2D eigenvalue weighted by Gasteiger charge is -1.94. The van der Waals surface area contributed by atoms with Crippen LogP contribution in [0.15, 0.2) is 55.2 Å². The Bertz CT molecular complexity index is 551. The number of hydrogen-bond donors (Lipinski definition) is 0. The molecule has 0 saturated heterocycles. The second kappa shape index (κ2) is 4.43. The molecule has 82 valence electrons. The third-order valence-electron chi connectivity index (χ3n) is 2.36. The van der Waals surface area contributed by atoms with Gasteiger partial charge in [0.2, 0.25) is 0 Å². The third kappa shape index (κ3) is 2.07. The fourth-order valence-electron chi connectivity index (χ4n) is 1.54. The molecule has 0 N–H and O–H groups in total. The fourth-order valence-corrected chi connectivity index (χ4v) is 2.44. The summed E-state index contributed by atoms with van der Waals surface area (Å²) in [5, 5.41) is 0.983.